The zero-order valence-corrected chi connectivity index (χ0v) is 13.2. The van der Waals surface area contributed by atoms with Crippen LogP contribution >= 0.6 is 0 Å². The van der Waals surface area contributed by atoms with E-state index in [1.165, 1.54) is 6.07 Å². The van der Waals surface area contributed by atoms with Gasteiger partial charge < -0.3 is 4.90 Å². The molecular weight excluding hydrogens is 303 g/mol. The van der Waals surface area contributed by atoms with Gasteiger partial charge in [-0.2, -0.15) is 10.4 Å². The monoisotopic (exact) mass is 320 g/mol. The smallest absolute Gasteiger partial charge is 0.179 e. The van der Waals surface area contributed by atoms with E-state index in [0.717, 1.165) is 42.5 Å². The summed E-state index contributed by atoms with van der Waals surface area (Å²) in [6.45, 7) is 1.50. The first-order chi connectivity index (χ1) is 11.8. The number of nitrogens with zero attached hydrogens (tertiary/aromatic N) is 4. The standard InChI is InChI=1S/C19H17FN4/c20-16-6-2-4-8-18(16)24-17-7-3-1-5-15(17)19(22-24)14-9-11-23(13-21)12-10-14/h1-8,14H,9-12H2. The van der Waals surface area contributed by atoms with Gasteiger partial charge >= 0.3 is 0 Å². The average molecular weight is 320 g/mol. The van der Waals surface area contributed by atoms with Crippen LogP contribution in [0.1, 0.15) is 24.5 Å². The summed E-state index contributed by atoms with van der Waals surface area (Å²) in [5.74, 6) is 0.0177. The quantitative estimate of drug-likeness (QED) is 0.674. The van der Waals surface area contributed by atoms with E-state index < -0.39 is 0 Å². The zero-order chi connectivity index (χ0) is 16.5. The van der Waals surface area contributed by atoms with E-state index in [1.54, 1.807) is 21.7 Å². The fourth-order valence-electron chi connectivity index (χ4n) is 3.45. The second kappa shape index (κ2) is 5.97. The van der Waals surface area contributed by atoms with Crippen molar-refractivity contribution in [3.8, 4) is 11.9 Å². The summed E-state index contributed by atoms with van der Waals surface area (Å²) < 4.78 is 16.0. The highest BCUT2D eigenvalue weighted by molar-refractivity contribution is 5.84. The molecule has 120 valence electrons. The molecule has 0 N–H and O–H groups in total. The van der Waals surface area contributed by atoms with Crippen molar-refractivity contribution in [3.05, 3.63) is 60.0 Å². The predicted octanol–water partition coefficient (Wildman–Crippen LogP) is 3.83. The lowest BCUT2D eigenvalue weighted by Crippen LogP contribution is -2.29. The van der Waals surface area contributed by atoms with Crippen LogP contribution in [-0.2, 0) is 0 Å². The summed E-state index contributed by atoms with van der Waals surface area (Å²) in [4.78, 5) is 1.78. The third-order valence-electron chi connectivity index (χ3n) is 4.72. The summed E-state index contributed by atoms with van der Waals surface area (Å²) in [6, 6.07) is 14.7. The second-order valence-corrected chi connectivity index (χ2v) is 6.13. The Bertz CT molecular complexity index is 917. The molecule has 0 unspecified atom stereocenters. The van der Waals surface area contributed by atoms with Crippen LogP contribution in [0.15, 0.2) is 48.5 Å². The van der Waals surface area contributed by atoms with Crippen molar-refractivity contribution in [2.24, 2.45) is 0 Å². The highest BCUT2D eigenvalue weighted by Crippen LogP contribution is 2.33. The Morgan fingerprint density at radius 3 is 2.50 bits per heavy atom. The number of halogens is 1. The van der Waals surface area contributed by atoms with Crippen LogP contribution in [0.25, 0.3) is 16.6 Å². The van der Waals surface area contributed by atoms with Crippen molar-refractivity contribution in [2.75, 3.05) is 13.1 Å². The Morgan fingerprint density at radius 1 is 1.04 bits per heavy atom. The van der Waals surface area contributed by atoms with Crippen LogP contribution in [0, 0.1) is 17.3 Å². The average Bonchev–Trinajstić information content (AvgIpc) is 3.02. The van der Waals surface area contributed by atoms with Crippen molar-refractivity contribution in [1.29, 1.82) is 5.26 Å². The highest BCUT2D eigenvalue weighted by Gasteiger charge is 2.25. The zero-order valence-electron chi connectivity index (χ0n) is 13.2. The van der Waals surface area contributed by atoms with Crippen molar-refractivity contribution in [1.82, 2.24) is 14.7 Å². The van der Waals surface area contributed by atoms with Gasteiger partial charge in [-0.1, -0.05) is 30.3 Å². The van der Waals surface area contributed by atoms with Crippen LogP contribution in [0.3, 0.4) is 0 Å². The van der Waals surface area contributed by atoms with Crippen molar-refractivity contribution in [2.45, 2.75) is 18.8 Å². The van der Waals surface area contributed by atoms with Crippen molar-refractivity contribution in [3.63, 3.8) is 0 Å². The maximum absolute atomic E-state index is 14.2. The molecule has 1 aromatic heterocycles. The van der Waals surface area contributed by atoms with Gasteiger partial charge in [0.2, 0.25) is 0 Å². The Balaban J connectivity index is 1.81. The van der Waals surface area contributed by atoms with Gasteiger partial charge in [-0.05, 0) is 31.0 Å². The van der Waals surface area contributed by atoms with E-state index >= 15 is 0 Å². The van der Waals surface area contributed by atoms with Gasteiger partial charge in [-0.15, -0.1) is 0 Å². The Hall–Kier alpha value is -2.87. The maximum Gasteiger partial charge on any atom is 0.179 e. The number of para-hydroxylation sites is 2. The number of benzene rings is 2. The minimum absolute atomic E-state index is 0.281. The van der Waals surface area contributed by atoms with E-state index in [2.05, 4.69) is 6.19 Å². The van der Waals surface area contributed by atoms with E-state index in [9.17, 15) is 4.39 Å². The first kappa shape index (κ1) is 14.7. The fourth-order valence-corrected chi connectivity index (χ4v) is 3.45. The second-order valence-electron chi connectivity index (χ2n) is 6.13. The Kier molecular flexibility index (Phi) is 3.66. The third-order valence-corrected chi connectivity index (χ3v) is 4.72. The van der Waals surface area contributed by atoms with E-state index in [4.69, 9.17) is 10.4 Å². The number of aromatic nitrogens is 2. The van der Waals surface area contributed by atoms with E-state index in [1.807, 2.05) is 30.3 Å². The maximum atomic E-state index is 14.2. The first-order valence-corrected chi connectivity index (χ1v) is 8.15. The van der Waals surface area contributed by atoms with Gasteiger partial charge in [0.05, 0.1) is 11.2 Å². The number of hydrogen-bond acceptors (Lipinski definition) is 3. The molecule has 4 nitrogen and oxygen atoms in total. The van der Waals surface area contributed by atoms with Gasteiger partial charge in [0, 0.05) is 24.4 Å². The molecule has 2 aromatic carbocycles. The molecule has 0 amide bonds. The molecule has 0 spiro atoms. The van der Waals surface area contributed by atoms with Crippen LogP contribution in [-0.4, -0.2) is 27.8 Å². The molecular formula is C19H17FN4. The number of rotatable bonds is 2. The van der Waals surface area contributed by atoms with Gasteiger partial charge in [0.15, 0.2) is 6.19 Å². The number of hydrogen-bond donors (Lipinski definition) is 0. The SMILES string of the molecule is N#CN1CCC(c2nn(-c3ccccc3F)c3ccccc23)CC1. The molecule has 0 atom stereocenters. The van der Waals surface area contributed by atoms with Crippen LogP contribution in [0.4, 0.5) is 4.39 Å². The molecule has 24 heavy (non-hydrogen) atoms. The molecule has 5 heteroatoms. The normalized spacial score (nSPS) is 15.6. The molecule has 0 aliphatic carbocycles. The van der Waals surface area contributed by atoms with Gasteiger partial charge in [0.25, 0.3) is 0 Å². The molecule has 0 bridgehead atoms. The van der Waals surface area contributed by atoms with Crippen molar-refractivity contribution >= 4 is 10.9 Å². The minimum atomic E-state index is -0.281. The topological polar surface area (TPSA) is 44.9 Å². The summed E-state index contributed by atoms with van der Waals surface area (Å²) in [7, 11) is 0. The molecule has 0 radical (unpaired) electrons. The molecule has 1 aliphatic heterocycles. The Morgan fingerprint density at radius 2 is 1.75 bits per heavy atom. The van der Waals surface area contributed by atoms with Gasteiger partial charge in [0.1, 0.15) is 11.5 Å². The van der Waals surface area contributed by atoms with Crippen LogP contribution in [0.5, 0.6) is 0 Å². The molecule has 2 heterocycles. The van der Waals surface area contributed by atoms with Gasteiger partial charge in [-0.3, -0.25) is 0 Å². The fraction of sp³-hybridized carbons (Fsp3) is 0.263. The Labute approximate surface area is 139 Å². The molecule has 4 rings (SSSR count). The summed E-state index contributed by atoms with van der Waals surface area (Å²) in [5.41, 5.74) is 2.39. The summed E-state index contributed by atoms with van der Waals surface area (Å²) >= 11 is 0. The highest BCUT2D eigenvalue weighted by atomic mass is 19.1. The lowest BCUT2D eigenvalue weighted by atomic mass is 9.92. The largest absolute Gasteiger partial charge is 0.311 e. The van der Waals surface area contributed by atoms with E-state index in [-0.39, 0.29) is 5.82 Å². The molecule has 3 aromatic rings. The summed E-state index contributed by atoms with van der Waals surface area (Å²) in [6.07, 6.45) is 4.00. The van der Waals surface area contributed by atoms with Crippen molar-refractivity contribution < 1.29 is 4.39 Å². The predicted molar refractivity (Wildman–Crippen MR) is 90.2 cm³/mol. The third kappa shape index (κ3) is 2.41. The number of piperidine rings is 1. The molecule has 1 fully saturated rings. The minimum Gasteiger partial charge on any atom is -0.311 e. The molecule has 0 saturated carbocycles. The number of nitriles is 1. The van der Waals surface area contributed by atoms with Gasteiger partial charge in [-0.25, -0.2) is 9.07 Å². The van der Waals surface area contributed by atoms with Crippen LogP contribution in [0.2, 0.25) is 0 Å². The molecule has 1 aliphatic rings. The molecule has 1 saturated heterocycles. The summed E-state index contributed by atoms with van der Waals surface area (Å²) in [5, 5.41) is 14.9. The lowest BCUT2D eigenvalue weighted by Gasteiger charge is -2.27. The lowest BCUT2D eigenvalue weighted by molar-refractivity contribution is 0.293. The number of fused-ring (bicyclic) bond motifs is 1. The van der Waals surface area contributed by atoms with Crippen LogP contribution < -0.4 is 0 Å². The number of likely N-dealkylation sites (tertiary alicyclic amines) is 1. The first-order valence-electron chi connectivity index (χ1n) is 8.15. The van der Waals surface area contributed by atoms with E-state index in [0.29, 0.717) is 11.6 Å².